The number of rotatable bonds is 9. The average molecular weight is 539 g/mol. The van der Waals surface area contributed by atoms with Crippen molar-refractivity contribution >= 4 is 23.3 Å². The molecule has 2 aromatic carbocycles. The zero-order chi connectivity index (χ0) is 27.0. The maximum absolute atomic E-state index is 13.0. The Morgan fingerprint density at radius 1 is 1.03 bits per heavy atom. The van der Waals surface area contributed by atoms with Crippen molar-refractivity contribution in [3.05, 3.63) is 58.2 Å². The first kappa shape index (κ1) is 27.6. The van der Waals surface area contributed by atoms with Gasteiger partial charge in [-0.05, 0) is 48.9 Å². The van der Waals surface area contributed by atoms with Crippen molar-refractivity contribution in [2.45, 2.75) is 19.8 Å². The second-order valence-corrected chi connectivity index (χ2v) is 8.23. The predicted octanol–water partition coefficient (Wildman–Crippen LogP) is 4.19. The van der Waals surface area contributed by atoms with Crippen molar-refractivity contribution < 1.29 is 37.0 Å². The standard InChI is InChI=1S/C24H25F3N4O5S/c1-4-28-22(33)29-11-12-31-19(15-5-7-16(8-6-15)36-24(25,26)27)14-37-23(31)30-21(32)18-10-9-17(34-2)13-20(18)35-3/h5-10,13-14H,4,11-12H2,1-3H3,(H2,28,29,33). The summed E-state index contributed by atoms with van der Waals surface area (Å²) in [7, 11) is 2.92. The van der Waals surface area contributed by atoms with Gasteiger partial charge in [0.15, 0.2) is 4.80 Å². The van der Waals surface area contributed by atoms with Crippen LogP contribution in [0.15, 0.2) is 52.8 Å². The Hall–Kier alpha value is -4.00. The second-order valence-electron chi connectivity index (χ2n) is 7.40. The minimum absolute atomic E-state index is 0.206. The Bertz CT molecular complexity index is 1300. The number of ether oxygens (including phenoxy) is 3. The van der Waals surface area contributed by atoms with E-state index in [1.54, 1.807) is 35.1 Å². The van der Waals surface area contributed by atoms with Crippen molar-refractivity contribution in [2.24, 2.45) is 4.99 Å². The third kappa shape index (κ3) is 7.49. The van der Waals surface area contributed by atoms with Crippen LogP contribution >= 0.6 is 11.3 Å². The van der Waals surface area contributed by atoms with Crippen LogP contribution in [0, 0.1) is 0 Å². The summed E-state index contributed by atoms with van der Waals surface area (Å²) < 4.78 is 53.7. The number of hydrogen-bond donors (Lipinski definition) is 2. The van der Waals surface area contributed by atoms with Gasteiger partial charge in [-0.15, -0.1) is 24.5 Å². The number of urea groups is 1. The molecule has 3 amide bonds. The summed E-state index contributed by atoms with van der Waals surface area (Å²) in [4.78, 5) is 29.4. The third-order valence-electron chi connectivity index (χ3n) is 4.98. The minimum Gasteiger partial charge on any atom is -0.497 e. The van der Waals surface area contributed by atoms with E-state index < -0.39 is 12.3 Å². The van der Waals surface area contributed by atoms with Gasteiger partial charge in [0.1, 0.15) is 17.2 Å². The van der Waals surface area contributed by atoms with E-state index in [0.29, 0.717) is 28.4 Å². The SMILES string of the molecule is CCNC(=O)NCCn1c(-c2ccc(OC(F)(F)F)cc2)csc1=NC(=O)c1ccc(OC)cc1OC. The minimum atomic E-state index is -4.80. The van der Waals surface area contributed by atoms with E-state index in [-0.39, 0.29) is 36.2 Å². The molecule has 3 aromatic rings. The van der Waals surface area contributed by atoms with Gasteiger partial charge in [-0.2, -0.15) is 4.99 Å². The summed E-state index contributed by atoms with van der Waals surface area (Å²) in [6.07, 6.45) is -4.80. The number of aromatic nitrogens is 1. The quantitative estimate of drug-likeness (QED) is 0.425. The largest absolute Gasteiger partial charge is 0.573 e. The van der Waals surface area contributed by atoms with Gasteiger partial charge in [0, 0.05) is 31.1 Å². The fraction of sp³-hybridized carbons (Fsp3) is 0.292. The number of benzene rings is 2. The van der Waals surface area contributed by atoms with Gasteiger partial charge in [-0.25, -0.2) is 4.79 Å². The molecule has 3 rings (SSSR count). The average Bonchev–Trinajstić information content (AvgIpc) is 3.25. The molecule has 0 aliphatic rings. The molecule has 0 aliphatic heterocycles. The lowest BCUT2D eigenvalue weighted by molar-refractivity contribution is -0.274. The molecule has 0 fully saturated rings. The number of carbonyl (C=O) groups excluding carboxylic acids is 2. The molecule has 2 N–H and O–H groups in total. The highest BCUT2D eigenvalue weighted by molar-refractivity contribution is 7.07. The van der Waals surface area contributed by atoms with Gasteiger partial charge in [0.2, 0.25) is 0 Å². The number of amides is 3. The number of halogens is 3. The highest BCUT2D eigenvalue weighted by atomic mass is 32.1. The van der Waals surface area contributed by atoms with E-state index in [1.165, 1.54) is 49.8 Å². The fourth-order valence-electron chi connectivity index (χ4n) is 3.32. The summed E-state index contributed by atoms with van der Waals surface area (Å²) in [6.45, 7) is 2.68. The maximum Gasteiger partial charge on any atom is 0.573 e. The Kier molecular flexibility index (Phi) is 9.17. The van der Waals surface area contributed by atoms with Gasteiger partial charge in [-0.3, -0.25) is 4.79 Å². The number of thiazole rings is 1. The van der Waals surface area contributed by atoms with E-state index >= 15 is 0 Å². The number of nitrogens with zero attached hydrogens (tertiary/aromatic N) is 2. The summed E-state index contributed by atoms with van der Waals surface area (Å²) in [5.41, 5.74) is 1.38. The molecule has 0 bridgehead atoms. The Labute approximate surface area is 214 Å². The molecule has 1 aromatic heterocycles. The third-order valence-corrected chi connectivity index (χ3v) is 5.84. The molecule has 0 unspecified atom stereocenters. The first-order chi connectivity index (χ1) is 17.6. The number of methoxy groups -OCH3 is 2. The number of hydrogen-bond acceptors (Lipinski definition) is 6. The van der Waals surface area contributed by atoms with Gasteiger partial charge >= 0.3 is 12.4 Å². The maximum atomic E-state index is 13.0. The molecule has 13 heteroatoms. The first-order valence-electron chi connectivity index (χ1n) is 11.0. The first-order valence-corrected chi connectivity index (χ1v) is 11.9. The normalized spacial score (nSPS) is 11.7. The van der Waals surface area contributed by atoms with Crippen molar-refractivity contribution in [1.29, 1.82) is 0 Å². The molecular weight excluding hydrogens is 513 g/mol. The molecule has 0 spiro atoms. The topological polar surface area (TPSA) is 103 Å². The van der Waals surface area contributed by atoms with E-state index in [0.717, 1.165) is 0 Å². The molecular formula is C24H25F3N4O5S. The van der Waals surface area contributed by atoms with Crippen molar-refractivity contribution in [2.75, 3.05) is 27.3 Å². The van der Waals surface area contributed by atoms with Crippen LogP contribution in [0.5, 0.6) is 17.2 Å². The molecule has 0 saturated carbocycles. The van der Waals surface area contributed by atoms with Gasteiger partial charge in [0.25, 0.3) is 5.91 Å². The van der Waals surface area contributed by atoms with Crippen molar-refractivity contribution in [3.63, 3.8) is 0 Å². The summed E-state index contributed by atoms with van der Waals surface area (Å²) in [5.74, 6) is -0.124. The van der Waals surface area contributed by atoms with Crippen LogP contribution in [0.1, 0.15) is 17.3 Å². The molecule has 0 radical (unpaired) electrons. The zero-order valence-electron chi connectivity index (χ0n) is 20.2. The zero-order valence-corrected chi connectivity index (χ0v) is 21.0. The van der Waals surface area contributed by atoms with E-state index in [1.807, 2.05) is 0 Å². The molecule has 9 nitrogen and oxygen atoms in total. The second kappa shape index (κ2) is 12.3. The monoisotopic (exact) mass is 538 g/mol. The molecule has 0 aliphatic carbocycles. The summed E-state index contributed by atoms with van der Waals surface area (Å²) in [5, 5.41) is 7.05. The molecule has 0 atom stereocenters. The lowest BCUT2D eigenvalue weighted by atomic mass is 10.1. The van der Waals surface area contributed by atoms with Gasteiger partial charge in [-0.1, -0.05) is 0 Å². The lowest BCUT2D eigenvalue weighted by Gasteiger charge is -2.12. The summed E-state index contributed by atoms with van der Waals surface area (Å²) in [6, 6.07) is 9.69. The van der Waals surface area contributed by atoms with Crippen molar-refractivity contribution in [1.82, 2.24) is 15.2 Å². The van der Waals surface area contributed by atoms with Crippen LogP contribution in [0.3, 0.4) is 0 Å². The highest BCUT2D eigenvalue weighted by Crippen LogP contribution is 2.28. The number of alkyl halides is 3. The van der Waals surface area contributed by atoms with Crippen molar-refractivity contribution in [3.8, 4) is 28.5 Å². The smallest absolute Gasteiger partial charge is 0.497 e. The van der Waals surface area contributed by atoms with Gasteiger partial charge < -0.3 is 29.4 Å². The molecule has 0 saturated heterocycles. The highest BCUT2D eigenvalue weighted by Gasteiger charge is 2.31. The van der Waals surface area contributed by atoms with E-state index in [2.05, 4.69) is 20.4 Å². The van der Waals surface area contributed by atoms with Crippen LogP contribution in [-0.4, -0.2) is 50.2 Å². The Morgan fingerprint density at radius 2 is 1.73 bits per heavy atom. The number of nitrogens with one attached hydrogen (secondary N) is 2. The fourth-order valence-corrected chi connectivity index (χ4v) is 4.25. The van der Waals surface area contributed by atoms with Gasteiger partial charge in [0.05, 0.1) is 25.5 Å². The van der Waals surface area contributed by atoms with E-state index in [9.17, 15) is 22.8 Å². The summed E-state index contributed by atoms with van der Waals surface area (Å²) >= 11 is 1.17. The lowest BCUT2D eigenvalue weighted by Crippen LogP contribution is -2.37. The Balaban J connectivity index is 1.97. The predicted molar refractivity (Wildman–Crippen MR) is 131 cm³/mol. The molecule has 198 valence electrons. The molecule has 37 heavy (non-hydrogen) atoms. The van der Waals surface area contributed by atoms with Crippen LogP contribution in [0.2, 0.25) is 0 Å². The van der Waals surface area contributed by atoms with Crippen LogP contribution in [0.25, 0.3) is 11.3 Å². The molecule has 1 heterocycles. The Morgan fingerprint density at radius 3 is 2.35 bits per heavy atom. The number of carbonyl (C=O) groups is 2. The van der Waals surface area contributed by atoms with E-state index in [4.69, 9.17) is 9.47 Å². The van der Waals surface area contributed by atoms with Crippen LogP contribution in [-0.2, 0) is 6.54 Å². The van der Waals surface area contributed by atoms with Crippen LogP contribution < -0.4 is 29.6 Å². The van der Waals surface area contributed by atoms with Crippen LogP contribution in [0.4, 0.5) is 18.0 Å².